The summed E-state index contributed by atoms with van der Waals surface area (Å²) in [6, 6.07) is 3.91. The average molecular weight is 483 g/mol. The number of ether oxygens (including phenoxy) is 2. The minimum atomic E-state index is -0.406. The van der Waals surface area contributed by atoms with Crippen molar-refractivity contribution in [1.29, 1.82) is 0 Å². The predicted octanol–water partition coefficient (Wildman–Crippen LogP) is 3.61. The van der Waals surface area contributed by atoms with Crippen molar-refractivity contribution >= 4 is 63.1 Å². The Labute approximate surface area is 138 Å². The van der Waals surface area contributed by atoms with Crippen molar-refractivity contribution in [2.45, 2.75) is 13.8 Å². The molecular formula is C13H11I2NO3. The molecule has 0 aliphatic carbocycles. The number of hydrogen-bond acceptors (Lipinski definition) is 4. The van der Waals surface area contributed by atoms with Crippen LogP contribution in [0.4, 0.5) is 0 Å². The molecule has 1 aromatic carbocycles. The maximum atomic E-state index is 11.5. The fourth-order valence-corrected chi connectivity index (χ4v) is 3.75. The Morgan fingerprint density at radius 1 is 1.37 bits per heavy atom. The van der Waals surface area contributed by atoms with Crippen molar-refractivity contribution in [3.05, 3.63) is 30.5 Å². The van der Waals surface area contributed by atoms with Gasteiger partial charge in [0.25, 0.3) is 0 Å². The highest BCUT2D eigenvalue weighted by Gasteiger charge is 2.20. The van der Waals surface area contributed by atoms with Crippen LogP contribution in [0.3, 0.4) is 0 Å². The summed E-state index contributed by atoms with van der Waals surface area (Å²) in [5.74, 6) is 0.850. The second-order valence-corrected chi connectivity index (χ2v) is 6.12. The lowest BCUT2D eigenvalue weighted by atomic mass is 10.2. The molecule has 0 aromatic heterocycles. The zero-order valence-corrected chi connectivity index (χ0v) is 14.7. The second-order valence-electron chi connectivity index (χ2n) is 3.80. The van der Waals surface area contributed by atoms with Crippen LogP contribution in [0.5, 0.6) is 5.75 Å². The Kier molecular flexibility index (Phi) is 4.82. The molecule has 1 aliphatic rings. The smallest absolute Gasteiger partial charge is 0.363 e. The van der Waals surface area contributed by atoms with E-state index in [-0.39, 0.29) is 0 Å². The van der Waals surface area contributed by atoms with Crippen molar-refractivity contribution in [3.8, 4) is 5.75 Å². The van der Waals surface area contributed by atoms with E-state index in [1.807, 2.05) is 19.1 Å². The molecule has 0 saturated heterocycles. The van der Waals surface area contributed by atoms with Crippen LogP contribution in [0.1, 0.15) is 19.4 Å². The summed E-state index contributed by atoms with van der Waals surface area (Å²) in [5.41, 5.74) is 1.23. The van der Waals surface area contributed by atoms with Crippen LogP contribution >= 0.6 is 45.2 Å². The fourth-order valence-electron chi connectivity index (χ4n) is 1.62. The topological polar surface area (TPSA) is 47.9 Å². The Balaban J connectivity index is 2.38. The van der Waals surface area contributed by atoms with Crippen LogP contribution in [-0.4, -0.2) is 18.5 Å². The number of rotatable bonds is 3. The highest BCUT2D eigenvalue weighted by Crippen LogP contribution is 2.30. The van der Waals surface area contributed by atoms with Gasteiger partial charge in [-0.2, -0.15) is 0 Å². The van der Waals surface area contributed by atoms with E-state index in [0.717, 1.165) is 18.5 Å². The van der Waals surface area contributed by atoms with E-state index in [9.17, 15) is 4.79 Å². The van der Waals surface area contributed by atoms with E-state index in [2.05, 4.69) is 50.2 Å². The SMILES string of the molecule is CCOc1c(I)cc(/C=C2\N=C(C)OC2=O)cc1I. The quantitative estimate of drug-likeness (QED) is 0.375. The van der Waals surface area contributed by atoms with E-state index < -0.39 is 5.97 Å². The lowest BCUT2D eigenvalue weighted by Crippen LogP contribution is -2.00. The van der Waals surface area contributed by atoms with Gasteiger partial charge in [-0.25, -0.2) is 9.79 Å². The molecule has 1 heterocycles. The number of carbonyl (C=O) groups excluding carboxylic acids is 1. The average Bonchev–Trinajstić information content (AvgIpc) is 2.62. The number of halogens is 2. The largest absolute Gasteiger partial charge is 0.492 e. The van der Waals surface area contributed by atoms with Gasteiger partial charge in [-0.05, 0) is 75.9 Å². The van der Waals surface area contributed by atoms with Crippen molar-refractivity contribution in [2.24, 2.45) is 4.99 Å². The van der Waals surface area contributed by atoms with Crippen LogP contribution in [0, 0.1) is 7.14 Å². The van der Waals surface area contributed by atoms with Gasteiger partial charge in [-0.15, -0.1) is 0 Å². The molecule has 0 amide bonds. The van der Waals surface area contributed by atoms with E-state index >= 15 is 0 Å². The molecule has 4 nitrogen and oxygen atoms in total. The van der Waals surface area contributed by atoms with Crippen LogP contribution in [-0.2, 0) is 9.53 Å². The molecule has 0 unspecified atom stereocenters. The summed E-state index contributed by atoms with van der Waals surface area (Å²) in [6.07, 6.45) is 1.72. The van der Waals surface area contributed by atoms with Crippen LogP contribution in [0.2, 0.25) is 0 Å². The summed E-state index contributed by atoms with van der Waals surface area (Å²) >= 11 is 4.44. The molecule has 2 rings (SSSR count). The molecule has 0 fully saturated rings. The number of benzene rings is 1. The van der Waals surface area contributed by atoms with Crippen molar-refractivity contribution in [2.75, 3.05) is 6.61 Å². The van der Waals surface area contributed by atoms with Gasteiger partial charge >= 0.3 is 5.97 Å². The summed E-state index contributed by atoms with van der Waals surface area (Å²) < 4.78 is 12.5. The van der Waals surface area contributed by atoms with E-state index in [4.69, 9.17) is 9.47 Å². The third-order valence-corrected chi connectivity index (χ3v) is 3.94. The number of cyclic esters (lactones) is 1. The minimum Gasteiger partial charge on any atom is -0.492 e. The van der Waals surface area contributed by atoms with Crippen molar-refractivity contribution in [1.82, 2.24) is 0 Å². The number of nitrogens with zero attached hydrogens (tertiary/aromatic N) is 1. The van der Waals surface area contributed by atoms with Gasteiger partial charge in [0.2, 0.25) is 0 Å². The zero-order chi connectivity index (χ0) is 14.0. The Bertz CT molecular complexity index is 571. The Morgan fingerprint density at radius 3 is 2.47 bits per heavy atom. The van der Waals surface area contributed by atoms with E-state index in [1.165, 1.54) is 0 Å². The predicted molar refractivity (Wildman–Crippen MR) is 90.2 cm³/mol. The third kappa shape index (κ3) is 3.47. The lowest BCUT2D eigenvalue weighted by Gasteiger charge is -2.09. The van der Waals surface area contributed by atoms with Gasteiger partial charge < -0.3 is 9.47 Å². The first-order chi connectivity index (χ1) is 9.01. The van der Waals surface area contributed by atoms with E-state index in [0.29, 0.717) is 18.2 Å². The molecule has 19 heavy (non-hydrogen) atoms. The Morgan fingerprint density at radius 2 is 2.00 bits per heavy atom. The molecule has 0 atom stereocenters. The van der Waals surface area contributed by atoms with Gasteiger partial charge in [0.1, 0.15) is 5.75 Å². The summed E-state index contributed by atoms with van der Waals surface area (Å²) in [5, 5.41) is 0. The molecule has 1 aromatic rings. The first-order valence-electron chi connectivity index (χ1n) is 5.62. The van der Waals surface area contributed by atoms with Gasteiger partial charge in [0.05, 0.1) is 13.7 Å². The van der Waals surface area contributed by atoms with Gasteiger partial charge in [0.15, 0.2) is 11.6 Å². The molecule has 0 radical (unpaired) electrons. The molecule has 0 spiro atoms. The lowest BCUT2D eigenvalue weighted by molar-refractivity contribution is -0.130. The fraction of sp³-hybridized carbons (Fsp3) is 0.231. The monoisotopic (exact) mass is 483 g/mol. The molecule has 0 bridgehead atoms. The van der Waals surface area contributed by atoms with Gasteiger partial charge in [-0.3, -0.25) is 0 Å². The third-order valence-electron chi connectivity index (χ3n) is 2.34. The van der Waals surface area contributed by atoms with Crippen LogP contribution < -0.4 is 4.74 Å². The number of carbonyl (C=O) groups is 1. The normalized spacial score (nSPS) is 16.5. The first-order valence-corrected chi connectivity index (χ1v) is 7.78. The Hall–Kier alpha value is -0.640. The summed E-state index contributed by atoms with van der Waals surface area (Å²) in [7, 11) is 0. The van der Waals surface area contributed by atoms with Crippen LogP contribution in [0.25, 0.3) is 6.08 Å². The standard InChI is InChI=1S/C13H11I2NO3/c1-3-18-12-9(14)4-8(5-10(12)15)6-11-13(17)19-7(2)16-11/h4-6H,3H2,1-2H3/b11-6-. The molecular weight excluding hydrogens is 472 g/mol. The number of aliphatic imine (C=N–C) groups is 1. The van der Waals surface area contributed by atoms with Crippen molar-refractivity contribution in [3.63, 3.8) is 0 Å². The van der Waals surface area contributed by atoms with Gasteiger partial charge in [0, 0.05) is 6.92 Å². The molecule has 6 heteroatoms. The number of esters is 1. The maximum Gasteiger partial charge on any atom is 0.363 e. The zero-order valence-electron chi connectivity index (χ0n) is 10.4. The molecule has 0 N–H and O–H groups in total. The van der Waals surface area contributed by atoms with E-state index in [1.54, 1.807) is 13.0 Å². The molecule has 100 valence electrons. The maximum absolute atomic E-state index is 11.5. The molecule has 0 saturated carbocycles. The summed E-state index contributed by atoms with van der Waals surface area (Å²) in [6.45, 7) is 4.24. The first kappa shape index (κ1) is 14.8. The number of hydrogen-bond donors (Lipinski definition) is 0. The summed E-state index contributed by atoms with van der Waals surface area (Å²) in [4.78, 5) is 15.5. The highest BCUT2D eigenvalue weighted by molar-refractivity contribution is 14.1. The highest BCUT2D eigenvalue weighted by atomic mass is 127. The van der Waals surface area contributed by atoms with Crippen molar-refractivity contribution < 1.29 is 14.3 Å². The molecule has 1 aliphatic heterocycles. The van der Waals surface area contributed by atoms with Crippen LogP contribution in [0.15, 0.2) is 22.8 Å². The minimum absolute atomic E-state index is 0.327. The second kappa shape index (κ2) is 6.21. The van der Waals surface area contributed by atoms with Gasteiger partial charge in [-0.1, -0.05) is 0 Å².